The van der Waals surface area contributed by atoms with Crippen molar-refractivity contribution in [1.82, 2.24) is 20.2 Å². The molecule has 3 aromatic rings. The predicted octanol–water partition coefficient (Wildman–Crippen LogP) is 4.13. The van der Waals surface area contributed by atoms with Crippen LogP contribution in [0.2, 0.25) is 0 Å². The SMILES string of the molecule is CC(C)NC(=O)[C@@]1(Cc2ccc(-c3ccccc3)cc2)CCCN(C(=O)c2cnccn2)C1. The number of nitrogens with one attached hydrogen (secondary N) is 1. The molecule has 1 atom stereocenters. The molecule has 1 aromatic heterocycles. The van der Waals surface area contributed by atoms with E-state index >= 15 is 0 Å². The summed E-state index contributed by atoms with van der Waals surface area (Å²) in [5.41, 5.74) is 3.01. The molecule has 2 aromatic carbocycles. The fourth-order valence-corrected chi connectivity index (χ4v) is 4.54. The maximum atomic E-state index is 13.5. The molecular formula is C27H30N4O2. The van der Waals surface area contributed by atoms with Crippen molar-refractivity contribution in [2.24, 2.45) is 5.41 Å². The van der Waals surface area contributed by atoms with Gasteiger partial charge in [-0.2, -0.15) is 0 Å². The van der Waals surface area contributed by atoms with E-state index in [0.29, 0.717) is 25.2 Å². The molecule has 1 saturated heterocycles. The minimum Gasteiger partial charge on any atom is -0.353 e. The number of benzene rings is 2. The Labute approximate surface area is 195 Å². The van der Waals surface area contributed by atoms with Gasteiger partial charge in [-0.15, -0.1) is 0 Å². The summed E-state index contributed by atoms with van der Waals surface area (Å²) in [4.78, 5) is 36.5. The highest BCUT2D eigenvalue weighted by molar-refractivity contribution is 5.93. The van der Waals surface area contributed by atoms with Crippen LogP contribution >= 0.6 is 0 Å². The van der Waals surface area contributed by atoms with Crippen LogP contribution in [-0.4, -0.2) is 45.8 Å². The zero-order valence-electron chi connectivity index (χ0n) is 19.2. The second-order valence-corrected chi connectivity index (χ2v) is 9.07. The molecule has 2 heterocycles. The number of amides is 2. The second-order valence-electron chi connectivity index (χ2n) is 9.07. The van der Waals surface area contributed by atoms with Crippen LogP contribution in [0.4, 0.5) is 0 Å². The van der Waals surface area contributed by atoms with Crippen molar-refractivity contribution in [2.75, 3.05) is 13.1 Å². The van der Waals surface area contributed by atoms with Gasteiger partial charge < -0.3 is 10.2 Å². The Balaban J connectivity index is 1.59. The maximum Gasteiger partial charge on any atom is 0.274 e. The van der Waals surface area contributed by atoms with Crippen molar-refractivity contribution in [1.29, 1.82) is 0 Å². The Morgan fingerprint density at radius 3 is 2.42 bits per heavy atom. The zero-order chi connectivity index (χ0) is 23.3. The third-order valence-electron chi connectivity index (χ3n) is 6.15. The van der Waals surface area contributed by atoms with E-state index in [2.05, 4.69) is 51.7 Å². The molecule has 4 rings (SSSR count). The van der Waals surface area contributed by atoms with Gasteiger partial charge in [0.15, 0.2) is 0 Å². The van der Waals surface area contributed by atoms with Crippen molar-refractivity contribution >= 4 is 11.8 Å². The van der Waals surface area contributed by atoms with E-state index < -0.39 is 5.41 Å². The van der Waals surface area contributed by atoms with E-state index in [1.54, 1.807) is 11.1 Å². The summed E-state index contributed by atoms with van der Waals surface area (Å²) >= 11 is 0. The number of hydrogen-bond donors (Lipinski definition) is 1. The molecule has 6 nitrogen and oxygen atoms in total. The van der Waals surface area contributed by atoms with Crippen LogP contribution in [0.5, 0.6) is 0 Å². The smallest absolute Gasteiger partial charge is 0.274 e. The predicted molar refractivity (Wildman–Crippen MR) is 128 cm³/mol. The molecule has 6 heteroatoms. The lowest BCUT2D eigenvalue weighted by Crippen LogP contribution is -2.55. The van der Waals surface area contributed by atoms with Gasteiger partial charge in [-0.1, -0.05) is 54.6 Å². The lowest BCUT2D eigenvalue weighted by molar-refractivity contribution is -0.134. The molecule has 0 unspecified atom stereocenters. The van der Waals surface area contributed by atoms with Gasteiger partial charge in [0.25, 0.3) is 5.91 Å². The molecule has 0 aliphatic carbocycles. The number of carbonyl (C=O) groups excluding carboxylic acids is 2. The lowest BCUT2D eigenvalue weighted by Gasteiger charge is -2.42. The van der Waals surface area contributed by atoms with Crippen molar-refractivity contribution < 1.29 is 9.59 Å². The topological polar surface area (TPSA) is 75.2 Å². The van der Waals surface area contributed by atoms with Gasteiger partial charge in [-0.05, 0) is 49.8 Å². The first-order valence-electron chi connectivity index (χ1n) is 11.5. The summed E-state index contributed by atoms with van der Waals surface area (Å²) in [5, 5.41) is 3.11. The highest BCUT2D eigenvalue weighted by Gasteiger charge is 2.44. The Hall–Kier alpha value is -3.54. The van der Waals surface area contributed by atoms with Gasteiger partial charge in [0.1, 0.15) is 5.69 Å². The Kier molecular flexibility index (Phi) is 6.82. The second kappa shape index (κ2) is 9.94. The third-order valence-corrected chi connectivity index (χ3v) is 6.15. The molecular weight excluding hydrogens is 412 g/mol. The first-order chi connectivity index (χ1) is 16.0. The number of aromatic nitrogens is 2. The molecule has 0 bridgehead atoms. The maximum absolute atomic E-state index is 13.5. The van der Waals surface area contributed by atoms with Gasteiger partial charge in [-0.25, -0.2) is 4.98 Å². The summed E-state index contributed by atoms with van der Waals surface area (Å²) < 4.78 is 0. The summed E-state index contributed by atoms with van der Waals surface area (Å²) in [6.45, 7) is 4.90. The van der Waals surface area contributed by atoms with Gasteiger partial charge in [0.2, 0.25) is 5.91 Å². The Morgan fingerprint density at radius 1 is 1.03 bits per heavy atom. The number of likely N-dealkylation sites (tertiary alicyclic amines) is 1. The van der Waals surface area contributed by atoms with Crippen molar-refractivity contribution in [3.05, 3.63) is 84.4 Å². The third kappa shape index (κ3) is 5.28. The first-order valence-corrected chi connectivity index (χ1v) is 11.5. The summed E-state index contributed by atoms with van der Waals surface area (Å²) in [6.07, 6.45) is 6.62. The molecule has 0 radical (unpaired) electrons. The minimum atomic E-state index is -0.686. The minimum absolute atomic E-state index is 0.00119. The summed E-state index contributed by atoms with van der Waals surface area (Å²) in [5.74, 6) is -0.176. The fraction of sp³-hybridized carbons (Fsp3) is 0.333. The fourth-order valence-electron chi connectivity index (χ4n) is 4.54. The molecule has 170 valence electrons. The first kappa shape index (κ1) is 22.6. The number of nitrogens with zero attached hydrogens (tertiary/aromatic N) is 3. The van der Waals surface area contributed by atoms with Crippen LogP contribution in [0.15, 0.2) is 73.2 Å². The molecule has 1 aliphatic heterocycles. The number of hydrogen-bond acceptors (Lipinski definition) is 4. The van der Waals surface area contributed by atoms with E-state index in [4.69, 9.17) is 0 Å². The zero-order valence-corrected chi connectivity index (χ0v) is 19.2. The van der Waals surface area contributed by atoms with E-state index in [-0.39, 0.29) is 17.9 Å². The normalized spacial score (nSPS) is 18.2. The number of piperidine rings is 1. The van der Waals surface area contributed by atoms with Crippen LogP contribution in [0, 0.1) is 5.41 Å². The van der Waals surface area contributed by atoms with Gasteiger partial charge in [0, 0.05) is 31.5 Å². The van der Waals surface area contributed by atoms with Gasteiger partial charge >= 0.3 is 0 Å². The lowest BCUT2D eigenvalue weighted by atomic mass is 9.74. The van der Waals surface area contributed by atoms with E-state index in [1.807, 2.05) is 32.0 Å². The molecule has 1 fully saturated rings. The molecule has 2 amide bonds. The van der Waals surface area contributed by atoms with Crippen molar-refractivity contribution in [2.45, 2.75) is 39.2 Å². The monoisotopic (exact) mass is 442 g/mol. The highest BCUT2D eigenvalue weighted by Crippen LogP contribution is 2.35. The van der Waals surface area contributed by atoms with Crippen LogP contribution < -0.4 is 5.32 Å². The molecule has 0 spiro atoms. The number of rotatable bonds is 6. The summed E-state index contributed by atoms with van der Waals surface area (Å²) in [7, 11) is 0. The quantitative estimate of drug-likeness (QED) is 0.623. The number of carbonyl (C=O) groups is 2. The Morgan fingerprint density at radius 2 is 1.76 bits per heavy atom. The van der Waals surface area contributed by atoms with Crippen LogP contribution in [0.3, 0.4) is 0 Å². The van der Waals surface area contributed by atoms with E-state index in [0.717, 1.165) is 29.5 Å². The van der Waals surface area contributed by atoms with Gasteiger partial charge in [-0.3, -0.25) is 14.6 Å². The van der Waals surface area contributed by atoms with Gasteiger partial charge in [0.05, 0.1) is 11.6 Å². The van der Waals surface area contributed by atoms with Crippen LogP contribution in [0.1, 0.15) is 42.7 Å². The molecule has 1 N–H and O–H groups in total. The average Bonchev–Trinajstić information content (AvgIpc) is 2.85. The Bertz CT molecular complexity index is 1080. The van der Waals surface area contributed by atoms with E-state index in [1.165, 1.54) is 12.4 Å². The van der Waals surface area contributed by atoms with E-state index in [9.17, 15) is 9.59 Å². The van der Waals surface area contributed by atoms with Crippen molar-refractivity contribution in [3.63, 3.8) is 0 Å². The van der Waals surface area contributed by atoms with Crippen molar-refractivity contribution in [3.8, 4) is 11.1 Å². The van der Waals surface area contributed by atoms with Crippen LogP contribution in [-0.2, 0) is 11.2 Å². The average molecular weight is 443 g/mol. The largest absolute Gasteiger partial charge is 0.353 e. The molecule has 0 saturated carbocycles. The van der Waals surface area contributed by atoms with Crippen LogP contribution in [0.25, 0.3) is 11.1 Å². The molecule has 1 aliphatic rings. The highest BCUT2D eigenvalue weighted by atomic mass is 16.2. The summed E-state index contributed by atoms with van der Waals surface area (Å²) in [6, 6.07) is 18.7. The molecule has 33 heavy (non-hydrogen) atoms. The standard InChI is InChI=1S/C27H30N4O2/c1-20(2)30-26(33)27(13-6-16-31(19-27)25(32)24-18-28-14-15-29-24)17-21-9-11-23(12-10-21)22-7-4-3-5-8-22/h3-5,7-12,14-15,18,20H,6,13,16-17,19H2,1-2H3,(H,30,33)/t27-/m1/s1.